The molecule has 0 fully saturated rings. The first-order valence-electron chi connectivity index (χ1n) is 7.93. The smallest absolute Gasteiger partial charge is 0.271 e. The van der Waals surface area contributed by atoms with Crippen LogP contribution in [0.5, 0.6) is 0 Å². The fourth-order valence-electron chi connectivity index (χ4n) is 2.85. The summed E-state index contributed by atoms with van der Waals surface area (Å²) in [5.74, 6) is -0.590. The lowest BCUT2D eigenvalue weighted by atomic mass is 10.0. The van der Waals surface area contributed by atoms with E-state index in [1.807, 2.05) is 19.3 Å². The fourth-order valence-corrected chi connectivity index (χ4v) is 2.85. The normalized spacial score (nSPS) is 11.0. The van der Waals surface area contributed by atoms with Crippen LogP contribution in [-0.4, -0.2) is 37.3 Å². The molecule has 0 aliphatic heterocycles. The number of carbonyl (C=O) groups is 1. The lowest BCUT2D eigenvalue weighted by Gasteiger charge is -2.04. The Labute approximate surface area is 148 Å². The van der Waals surface area contributed by atoms with Crippen molar-refractivity contribution in [3.05, 3.63) is 60.4 Å². The molecule has 0 saturated carbocycles. The summed E-state index contributed by atoms with van der Waals surface area (Å²) >= 11 is 0. The van der Waals surface area contributed by atoms with E-state index in [2.05, 4.69) is 20.5 Å². The van der Waals surface area contributed by atoms with Crippen LogP contribution in [0.2, 0.25) is 0 Å². The van der Waals surface area contributed by atoms with Gasteiger partial charge in [-0.2, -0.15) is 10.2 Å². The molecule has 4 aromatic rings. The van der Waals surface area contributed by atoms with Crippen LogP contribution in [0.3, 0.4) is 0 Å². The number of imidazole rings is 1. The number of hydrogen-bond donors (Lipinski definition) is 1. The van der Waals surface area contributed by atoms with Crippen molar-refractivity contribution in [2.24, 2.45) is 7.05 Å². The first-order chi connectivity index (χ1) is 12.6. The molecule has 0 spiro atoms. The number of amides is 1. The number of carbonyl (C=O) groups excluding carboxylic acids is 1. The number of aromatic nitrogens is 5. The zero-order valence-electron chi connectivity index (χ0n) is 14.1. The Morgan fingerprint density at radius 1 is 1.12 bits per heavy atom. The van der Waals surface area contributed by atoms with Crippen molar-refractivity contribution in [3.63, 3.8) is 0 Å². The summed E-state index contributed by atoms with van der Waals surface area (Å²) in [5.41, 5.74) is 3.91. The van der Waals surface area contributed by atoms with Gasteiger partial charge in [0.1, 0.15) is 17.2 Å². The summed E-state index contributed by atoms with van der Waals surface area (Å²) < 4.78 is 16.5. The minimum Gasteiger partial charge on any atom is -0.354 e. The summed E-state index contributed by atoms with van der Waals surface area (Å²) in [4.78, 5) is 16.3. The van der Waals surface area contributed by atoms with Gasteiger partial charge in [0.2, 0.25) is 0 Å². The largest absolute Gasteiger partial charge is 0.354 e. The number of aryl methyl sites for hydroxylation is 1. The molecule has 0 aliphatic carbocycles. The molecular weight excluding hydrogens is 335 g/mol. The third-order valence-electron chi connectivity index (χ3n) is 4.06. The van der Waals surface area contributed by atoms with Crippen molar-refractivity contribution in [1.29, 1.82) is 0 Å². The van der Waals surface area contributed by atoms with Gasteiger partial charge in [0, 0.05) is 43.2 Å². The molecule has 3 heterocycles. The lowest BCUT2D eigenvalue weighted by molar-refractivity contribution is 0.0958. The monoisotopic (exact) mass is 350 g/mol. The molecule has 0 bridgehead atoms. The first-order valence-corrected chi connectivity index (χ1v) is 7.93. The summed E-state index contributed by atoms with van der Waals surface area (Å²) in [5, 5.41) is 11.3. The zero-order valence-corrected chi connectivity index (χ0v) is 14.1. The quantitative estimate of drug-likeness (QED) is 0.615. The number of hydrogen-bond acceptors (Lipinski definition) is 4. The molecule has 7 nitrogen and oxygen atoms in total. The van der Waals surface area contributed by atoms with E-state index in [0.29, 0.717) is 11.3 Å². The third kappa shape index (κ3) is 2.61. The molecular formula is C18H15FN6O. The minimum atomic E-state index is -0.305. The van der Waals surface area contributed by atoms with Crippen molar-refractivity contribution in [1.82, 2.24) is 29.7 Å². The molecule has 4 rings (SSSR count). The van der Waals surface area contributed by atoms with E-state index < -0.39 is 0 Å². The molecule has 130 valence electrons. The molecule has 8 heteroatoms. The van der Waals surface area contributed by atoms with E-state index in [1.165, 1.54) is 12.1 Å². The van der Waals surface area contributed by atoms with E-state index >= 15 is 0 Å². The van der Waals surface area contributed by atoms with Gasteiger partial charge in [-0.15, -0.1) is 0 Å². The summed E-state index contributed by atoms with van der Waals surface area (Å²) in [6, 6.07) is 7.98. The zero-order chi connectivity index (χ0) is 18.3. The van der Waals surface area contributed by atoms with Crippen LogP contribution in [0.15, 0.2) is 48.9 Å². The molecule has 0 saturated heterocycles. The molecule has 0 aliphatic rings. The number of rotatable bonds is 3. The van der Waals surface area contributed by atoms with Gasteiger partial charge in [-0.3, -0.25) is 9.48 Å². The average Bonchev–Trinajstić information content (AvgIpc) is 3.25. The number of fused-ring (bicyclic) bond motifs is 1. The van der Waals surface area contributed by atoms with Gasteiger partial charge in [0.15, 0.2) is 5.65 Å². The number of halogens is 1. The molecule has 0 unspecified atom stereocenters. The highest BCUT2D eigenvalue weighted by atomic mass is 19.1. The van der Waals surface area contributed by atoms with E-state index in [4.69, 9.17) is 0 Å². The summed E-state index contributed by atoms with van der Waals surface area (Å²) in [6.07, 6.45) is 5.08. The molecule has 3 aromatic heterocycles. The SMILES string of the molecule is CNC(=O)c1cn2nccc(-c3cn(C)nc3-c3ccc(F)cc3)c2n1. The highest BCUT2D eigenvalue weighted by Crippen LogP contribution is 2.32. The topological polar surface area (TPSA) is 77.1 Å². The maximum absolute atomic E-state index is 13.3. The molecule has 26 heavy (non-hydrogen) atoms. The van der Waals surface area contributed by atoms with Crippen molar-refractivity contribution < 1.29 is 9.18 Å². The highest BCUT2D eigenvalue weighted by molar-refractivity contribution is 5.94. The third-order valence-corrected chi connectivity index (χ3v) is 4.06. The van der Waals surface area contributed by atoms with E-state index in [1.54, 1.807) is 40.8 Å². The minimum absolute atomic E-state index is 0.277. The van der Waals surface area contributed by atoms with Crippen LogP contribution in [0, 0.1) is 5.82 Å². The van der Waals surface area contributed by atoms with E-state index in [0.717, 1.165) is 16.7 Å². The molecule has 1 N–H and O–H groups in total. The number of nitrogens with one attached hydrogen (secondary N) is 1. The van der Waals surface area contributed by atoms with Gasteiger partial charge in [-0.05, 0) is 30.3 Å². The van der Waals surface area contributed by atoms with E-state index in [-0.39, 0.29) is 17.4 Å². The predicted molar refractivity (Wildman–Crippen MR) is 94.0 cm³/mol. The van der Waals surface area contributed by atoms with Gasteiger partial charge < -0.3 is 5.32 Å². The van der Waals surface area contributed by atoms with Crippen LogP contribution >= 0.6 is 0 Å². The maximum atomic E-state index is 13.3. The second kappa shape index (κ2) is 6.07. The number of benzene rings is 1. The van der Waals surface area contributed by atoms with Crippen LogP contribution in [0.25, 0.3) is 28.0 Å². The maximum Gasteiger partial charge on any atom is 0.271 e. The fraction of sp³-hybridized carbons (Fsp3) is 0.111. The molecule has 1 aromatic carbocycles. The standard InChI is InChI=1S/C18H15FN6O/c1-20-18(26)15-10-25-17(22-15)13(7-8-21-25)14-9-24(2)23-16(14)11-3-5-12(19)6-4-11/h3-10H,1-2H3,(H,20,26). The Balaban J connectivity index is 1.92. The highest BCUT2D eigenvalue weighted by Gasteiger charge is 2.18. The van der Waals surface area contributed by atoms with Crippen molar-refractivity contribution in [2.75, 3.05) is 7.05 Å². The Kier molecular flexibility index (Phi) is 3.72. The summed E-state index contributed by atoms with van der Waals surface area (Å²) in [7, 11) is 3.37. The van der Waals surface area contributed by atoms with Crippen LogP contribution in [0.1, 0.15) is 10.5 Å². The van der Waals surface area contributed by atoms with Gasteiger partial charge in [-0.25, -0.2) is 13.9 Å². The average molecular weight is 350 g/mol. The number of nitrogens with zero attached hydrogens (tertiary/aromatic N) is 5. The van der Waals surface area contributed by atoms with Gasteiger partial charge in [0.25, 0.3) is 5.91 Å². The van der Waals surface area contributed by atoms with Crippen molar-refractivity contribution in [2.45, 2.75) is 0 Å². The summed E-state index contributed by atoms with van der Waals surface area (Å²) in [6.45, 7) is 0. The van der Waals surface area contributed by atoms with E-state index in [9.17, 15) is 9.18 Å². The van der Waals surface area contributed by atoms with Crippen LogP contribution in [0.4, 0.5) is 4.39 Å². The molecule has 1 amide bonds. The molecule has 0 radical (unpaired) electrons. The van der Waals surface area contributed by atoms with Crippen LogP contribution in [-0.2, 0) is 7.05 Å². The Hall–Kier alpha value is -3.55. The lowest BCUT2D eigenvalue weighted by Crippen LogP contribution is -2.17. The Morgan fingerprint density at radius 2 is 1.88 bits per heavy atom. The van der Waals surface area contributed by atoms with Gasteiger partial charge in [-0.1, -0.05) is 0 Å². The van der Waals surface area contributed by atoms with Crippen molar-refractivity contribution in [3.8, 4) is 22.4 Å². The molecule has 0 atom stereocenters. The van der Waals surface area contributed by atoms with Gasteiger partial charge >= 0.3 is 0 Å². The Bertz CT molecular complexity index is 1110. The second-order valence-corrected chi connectivity index (χ2v) is 5.79. The van der Waals surface area contributed by atoms with Crippen LogP contribution < -0.4 is 5.32 Å². The second-order valence-electron chi connectivity index (χ2n) is 5.79. The van der Waals surface area contributed by atoms with Crippen molar-refractivity contribution >= 4 is 11.6 Å². The van der Waals surface area contributed by atoms with Gasteiger partial charge in [0.05, 0.1) is 6.20 Å². The Morgan fingerprint density at radius 3 is 2.62 bits per heavy atom. The first kappa shape index (κ1) is 15.9. The predicted octanol–water partition coefficient (Wildman–Crippen LogP) is 2.30.